The van der Waals surface area contributed by atoms with E-state index in [4.69, 9.17) is 4.98 Å². The average molecular weight is 282 g/mol. The third kappa shape index (κ3) is 3.70. The van der Waals surface area contributed by atoms with Gasteiger partial charge in [0.15, 0.2) is 0 Å². The van der Waals surface area contributed by atoms with Crippen LogP contribution < -0.4 is 5.32 Å². The third-order valence-corrected chi connectivity index (χ3v) is 4.00. The van der Waals surface area contributed by atoms with Gasteiger partial charge in [-0.3, -0.25) is 4.98 Å². The Morgan fingerprint density at radius 2 is 1.71 bits per heavy atom. The fourth-order valence-electron chi connectivity index (χ4n) is 2.68. The first-order chi connectivity index (χ1) is 10.0. The van der Waals surface area contributed by atoms with E-state index in [1.165, 1.54) is 22.3 Å². The Labute approximate surface area is 128 Å². The molecule has 2 nitrogen and oxygen atoms in total. The Kier molecular flexibility index (Phi) is 5.13. The second-order valence-electron chi connectivity index (χ2n) is 5.88. The van der Waals surface area contributed by atoms with E-state index in [0.29, 0.717) is 0 Å². The van der Waals surface area contributed by atoms with Crippen LogP contribution in [0.5, 0.6) is 0 Å². The lowest BCUT2D eigenvalue weighted by Crippen LogP contribution is -2.25. The maximum absolute atomic E-state index is 4.73. The lowest BCUT2D eigenvalue weighted by molar-refractivity contribution is 0.583. The van der Waals surface area contributed by atoms with Gasteiger partial charge in [-0.25, -0.2) is 0 Å². The Balaban J connectivity index is 2.47. The van der Waals surface area contributed by atoms with E-state index in [1.807, 2.05) is 13.0 Å². The SMILES string of the molecule is CCCNC(c1cccc(C)n1)c1cc(C)c(C)cc1C. The van der Waals surface area contributed by atoms with Crippen LogP contribution in [-0.4, -0.2) is 11.5 Å². The van der Waals surface area contributed by atoms with Crippen molar-refractivity contribution in [1.82, 2.24) is 10.3 Å². The van der Waals surface area contributed by atoms with Crippen molar-refractivity contribution in [2.75, 3.05) is 6.54 Å². The smallest absolute Gasteiger partial charge is 0.0754 e. The van der Waals surface area contributed by atoms with Crippen molar-refractivity contribution in [2.45, 2.75) is 47.1 Å². The van der Waals surface area contributed by atoms with Gasteiger partial charge in [0.25, 0.3) is 0 Å². The summed E-state index contributed by atoms with van der Waals surface area (Å²) in [6.45, 7) is 11.8. The molecule has 0 bridgehead atoms. The zero-order valence-electron chi connectivity index (χ0n) is 13.8. The first-order valence-corrected chi connectivity index (χ1v) is 7.77. The molecule has 1 aromatic heterocycles. The molecule has 1 heterocycles. The predicted octanol–water partition coefficient (Wildman–Crippen LogP) is 4.40. The zero-order chi connectivity index (χ0) is 15.4. The molecule has 112 valence electrons. The highest BCUT2D eigenvalue weighted by atomic mass is 14.9. The molecule has 0 saturated carbocycles. The van der Waals surface area contributed by atoms with Crippen LogP contribution in [0, 0.1) is 27.7 Å². The second-order valence-corrected chi connectivity index (χ2v) is 5.88. The molecule has 0 radical (unpaired) electrons. The third-order valence-electron chi connectivity index (χ3n) is 4.00. The summed E-state index contributed by atoms with van der Waals surface area (Å²) in [7, 11) is 0. The number of hydrogen-bond acceptors (Lipinski definition) is 2. The summed E-state index contributed by atoms with van der Waals surface area (Å²) in [4.78, 5) is 4.73. The van der Waals surface area contributed by atoms with Crippen LogP contribution >= 0.6 is 0 Å². The van der Waals surface area contributed by atoms with E-state index in [2.05, 4.69) is 57.3 Å². The number of rotatable bonds is 5. The second kappa shape index (κ2) is 6.86. The zero-order valence-corrected chi connectivity index (χ0v) is 13.8. The maximum atomic E-state index is 4.73. The summed E-state index contributed by atoms with van der Waals surface area (Å²) in [6, 6.07) is 11.0. The minimum absolute atomic E-state index is 0.171. The van der Waals surface area contributed by atoms with E-state index < -0.39 is 0 Å². The summed E-state index contributed by atoms with van der Waals surface area (Å²) in [6.07, 6.45) is 1.12. The quantitative estimate of drug-likeness (QED) is 0.879. The van der Waals surface area contributed by atoms with Crippen LogP contribution in [0.25, 0.3) is 0 Å². The molecule has 0 aliphatic carbocycles. The summed E-state index contributed by atoms with van der Waals surface area (Å²) >= 11 is 0. The summed E-state index contributed by atoms with van der Waals surface area (Å²) in [5.74, 6) is 0. The van der Waals surface area contributed by atoms with Crippen LogP contribution in [0.2, 0.25) is 0 Å². The van der Waals surface area contributed by atoms with Crippen molar-refractivity contribution in [3.63, 3.8) is 0 Å². The number of aromatic nitrogens is 1. The molecule has 2 heteroatoms. The fraction of sp³-hybridized carbons (Fsp3) is 0.421. The molecule has 1 N–H and O–H groups in total. The Morgan fingerprint density at radius 3 is 2.38 bits per heavy atom. The van der Waals surface area contributed by atoms with Crippen molar-refractivity contribution in [3.8, 4) is 0 Å². The Morgan fingerprint density at radius 1 is 1.00 bits per heavy atom. The van der Waals surface area contributed by atoms with Crippen molar-refractivity contribution in [1.29, 1.82) is 0 Å². The minimum atomic E-state index is 0.171. The highest BCUT2D eigenvalue weighted by molar-refractivity contribution is 5.41. The van der Waals surface area contributed by atoms with Gasteiger partial charge >= 0.3 is 0 Å². The number of nitrogens with zero attached hydrogens (tertiary/aromatic N) is 1. The van der Waals surface area contributed by atoms with Gasteiger partial charge in [-0.2, -0.15) is 0 Å². The van der Waals surface area contributed by atoms with Gasteiger partial charge in [0.05, 0.1) is 11.7 Å². The molecule has 21 heavy (non-hydrogen) atoms. The summed E-state index contributed by atoms with van der Waals surface area (Å²) in [5.41, 5.74) is 7.53. The molecule has 0 spiro atoms. The fourth-order valence-corrected chi connectivity index (χ4v) is 2.68. The van der Waals surface area contributed by atoms with Gasteiger partial charge in [0.2, 0.25) is 0 Å². The molecule has 0 fully saturated rings. The molecular weight excluding hydrogens is 256 g/mol. The van der Waals surface area contributed by atoms with Crippen LogP contribution in [0.15, 0.2) is 30.3 Å². The van der Waals surface area contributed by atoms with Gasteiger partial charge in [-0.15, -0.1) is 0 Å². The van der Waals surface area contributed by atoms with Crippen molar-refractivity contribution in [3.05, 3.63) is 64.0 Å². The molecule has 1 unspecified atom stereocenters. The van der Waals surface area contributed by atoms with Crippen LogP contribution in [0.1, 0.15) is 53.0 Å². The van der Waals surface area contributed by atoms with Gasteiger partial charge in [0.1, 0.15) is 0 Å². The number of hydrogen-bond donors (Lipinski definition) is 1. The molecule has 0 saturated heterocycles. The molecular formula is C19H26N2. The predicted molar refractivity (Wildman–Crippen MR) is 89.8 cm³/mol. The van der Waals surface area contributed by atoms with Crippen LogP contribution in [-0.2, 0) is 0 Å². The van der Waals surface area contributed by atoms with Crippen LogP contribution in [0.4, 0.5) is 0 Å². The van der Waals surface area contributed by atoms with Crippen molar-refractivity contribution in [2.24, 2.45) is 0 Å². The van der Waals surface area contributed by atoms with E-state index >= 15 is 0 Å². The average Bonchev–Trinajstić information content (AvgIpc) is 2.44. The standard InChI is InChI=1S/C19H26N2/c1-6-10-20-19(18-9-7-8-16(5)21-18)17-12-14(3)13(2)11-15(17)4/h7-9,11-12,19-20H,6,10H2,1-5H3. The largest absolute Gasteiger partial charge is 0.305 e. The Hall–Kier alpha value is -1.67. The summed E-state index contributed by atoms with van der Waals surface area (Å²) in [5, 5.41) is 3.65. The highest BCUT2D eigenvalue weighted by Crippen LogP contribution is 2.26. The van der Waals surface area contributed by atoms with Gasteiger partial charge in [-0.1, -0.05) is 25.1 Å². The monoisotopic (exact) mass is 282 g/mol. The minimum Gasteiger partial charge on any atom is -0.305 e. The van der Waals surface area contributed by atoms with E-state index in [9.17, 15) is 0 Å². The van der Waals surface area contributed by atoms with E-state index in [1.54, 1.807) is 0 Å². The first-order valence-electron chi connectivity index (χ1n) is 7.77. The lowest BCUT2D eigenvalue weighted by Gasteiger charge is -2.22. The van der Waals surface area contributed by atoms with Gasteiger partial charge in [-0.05, 0) is 75.0 Å². The molecule has 1 atom stereocenters. The highest BCUT2D eigenvalue weighted by Gasteiger charge is 2.17. The maximum Gasteiger partial charge on any atom is 0.0754 e. The summed E-state index contributed by atoms with van der Waals surface area (Å²) < 4.78 is 0. The van der Waals surface area contributed by atoms with Crippen molar-refractivity contribution < 1.29 is 0 Å². The Bertz CT molecular complexity index is 617. The lowest BCUT2D eigenvalue weighted by atomic mass is 9.93. The normalized spacial score (nSPS) is 12.4. The van der Waals surface area contributed by atoms with Crippen LogP contribution in [0.3, 0.4) is 0 Å². The molecule has 1 aromatic carbocycles. The van der Waals surface area contributed by atoms with E-state index in [-0.39, 0.29) is 6.04 Å². The number of nitrogens with one attached hydrogen (secondary N) is 1. The topological polar surface area (TPSA) is 24.9 Å². The molecule has 0 aliphatic heterocycles. The van der Waals surface area contributed by atoms with Gasteiger partial charge in [0, 0.05) is 5.69 Å². The van der Waals surface area contributed by atoms with Gasteiger partial charge < -0.3 is 5.32 Å². The van der Waals surface area contributed by atoms with Crippen molar-refractivity contribution >= 4 is 0 Å². The number of aryl methyl sites for hydroxylation is 4. The number of benzene rings is 1. The molecule has 0 amide bonds. The molecule has 2 rings (SSSR count). The number of pyridine rings is 1. The van der Waals surface area contributed by atoms with E-state index in [0.717, 1.165) is 24.4 Å². The first kappa shape index (κ1) is 15.7. The molecule has 0 aliphatic rings. The molecule has 2 aromatic rings.